The molecule has 0 N–H and O–H groups in total. The maximum absolute atomic E-state index is 2.47. The van der Waals surface area contributed by atoms with Gasteiger partial charge in [0.2, 0.25) is 0 Å². The van der Waals surface area contributed by atoms with Crippen LogP contribution in [-0.2, 0) is 0 Å². The lowest BCUT2D eigenvalue weighted by molar-refractivity contribution is 0.787. The molecule has 50 heavy (non-hydrogen) atoms. The molecule has 7 aromatic carbocycles. The molecule has 1 aliphatic carbocycles. The summed E-state index contributed by atoms with van der Waals surface area (Å²) in [5.74, 6) is 0. The monoisotopic (exact) mass is 640 g/mol. The third-order valence-electron chi connectivity index (χ3n) is 9.93. The minimum Gasteiger partial charge on any atom is -0.334 e. The van der Waals surface area contributed by atoms with Gasteiger partial charge < -0.3 is 9.47 Å². The highest BCUT2D eigenvalue weighted by Crippen LogP contribution is 2.37. The van der Waals surface area contributed by atoms with Crippen LogP contribution in [0.4, 0.5) is 11.4 Å². The molecule has 1 aromatic heterocycles. The highest BCUT2D eigenvalue weighted by Gasteiger charge is 2.21. The van der Waals surface area contributed by atoms with Crippen LogP contribution in [0.3, 0.4) is 0 Å². The SMILES string of the molecule is C1=CC(N(c2ccc(-c3ccccc3)cc2)c2ccc(-c3ccccc3)cc2)CC=C1c1cccc(-n2c3ccccc3c3ccccc32)c1. The second-order valence-electron chi connectivity index (χ2n) is 12.9. The van der Waals surface area contributed by atoms with Gasteiger partial charge in [-0.2, -0.15) is 0 Å². The second kappa shape index (κ2) is 12.9. The Balaban J connectivity index is 1.05. The van der Waals surface area contributed by atoms with Gasteiger partial charge in [0, 0.05) is 27.8 Å². The Morgan fingerprint density at radius 2 is 0.920 bits per heavy atom. The summed E-state index contributed by atoms with van der Waals surface area (Å²) in [6.45, 7) is 0. The van der Waals surface area contributed by atoms with Gasteiger partial charge in [-0.25, -0.2) is 0 Å². The lowest BCUT2D eigenvalue weighted by Gasteiger charge is -2.33. The minimum atomic E-state index is 0.171. The normalized spacial score (nSPS) is 14.2. The average molecular weight is 641 g/mol. The van der Waals surface area contributed by atoms with E-state index in [1.807, 2.05) is 0 Å². The zero-order chi connectivity index (χ0) is 33.3. The van der Waals surface area contributed by atoms with Crippen LogP contribution in [0, 0.1) is 0 Å². The average Bonchev–Trinajstić information content (AvgIpc) is 3.54. The van der Waals surface area contributed by atoms with Crippen LogP contribution < -0.4 is 4.90 Å². The fourth-order valence-electron chi connectivity index (χ4n) is 7.46. The van der Waals surface area contributed by atoms with Crippen LogP contribution in [0.1, 0.15) is 12.0 Å². The molecule has 1 heterocycles. The molecule has 0 aliphatic heterocycles. The number of hydrogen-bond donors (Lipinski definition) is 0. The zero-order valence-electron chi connectivity index (χ0n) is 27.7. The van der Waals surface area contributed by atoms with Crippen LogP contribution >= 0.6 is 0 Å². The number of rotatable bonds is 7. The summed E-state index contributed by atoms with van der Waals surface area (Å²) in [5.41, 5.74) is 13.4. The number of aromatic nitrogens is 1. The Hall–Kier alpha value is -6.38. The zero-order valence-corrected chi connectivity index (χ0v) is 27.7. The smallest absolute Gasteiger partial charge is 0.0560 e. The molecule has 2 heteroatoms. The summed E-state index contributed by atoms with van der Waals surface area (Å²) < 4.78 is 2.39. The van der Waals surface area contributed by atoms with Crippen LogP contribution in [0.25, 0.3) is 55.3 Å². The largest absolute Gasteiger partial charge is 0.334 e. The number of nitrogens with zero attached hydrogens (tertiary/aromatic N) is 2. The number of para-hydroxylation sites is 2. The van der Waals surface area contributed by atoms with E-state index in [9.17, 15) is 0 Å². The molecule has 0 fully saturated rings. The van der Waals surface area contributed by atoms with Crippen molar-refractivity contribution in [3.8, 4) is 27.9 Å². The first-order valence-corrected chi connectivity index (χ1v) is 17.4. The van der Waals surface area contributed by atoms with E-state index >= 15 is 0 Å². The van der Waals surface area contributed by atoms with Crippen molar-refractivity contribution in [1.29, 1.82) is 0 Å². The highest BCUT2D eigenvalue weighted by molar-refractivity contribution is 6.09. The summed E-state index contributed by atoms with van der Waals surface area (Å²) >= 11 is 0. The molecule has 0 amide bonds. The molecule has 8 aromatic rings. The van der Waals surface area contributed by atoms with Gasteiger partial charge in [0.25, 0.3) is 0 Å². The van der Waals surface area contributed by atoms with Gasteiger partial charge in [-0.3, -0.25) is 0 Å². The van der Waals surface area contributed by atoms with Crippen molar-refractivity contribution < 1.29 is 0 Å². The van der Waals surface area contributed by atoms with Crippen molar-refractivity contribution in [2.45, 2.75) is 12.5 Å². The number of anilines is 2. The first kappa shape index (κ1) is 29.7. The van der Waals surface area contributed by atoms with Crippen molar-refractivity contribution in [2.75, 3.05) is 4.90 Å². The second-order valence-corrected chi connectivity index (χ2v) is 12.9. The maximum atomic E-state index is 2.47. The molecule has 238 valence electrons. The fourth-order valence-corrected chi connectivity index (χ4v) is 7.46. The topological polar surface area (TPSA) is 8.17 Å². The van der Waals surface area contributed by atoms with Crippen molar-refractivity contribution in [1.82, 2.24) is 4.57 Å². The fraction of sp³-hybridized carbons (Fsp3) is 0.0417. The molecule has 1 unspecified atom stereocenters. The Bertz CT molecular complexity index is 2350. The summed E-state index contributed by atoms with van der Waals surface area (Å²) in [7, 11) is 0. The van der Waals surface area contributed by atoms with Crippen molar-refractivity contribution in [2.24, 2.45) is 0 Å². The van der Waals surface area contributed by atoms with E-state index in [2.05, 4.69) is 210 Å². The number of allylic oxidation sites excluding steroid dienone is 2. The van der Waals surface area contributed by atoms with Gasteiger partial charge in [-0.05, 0) is 88.3 Å². The van der Waals surface area contributed by atoms with Gasteiger partial charge in [0.05, 0.1) is 17.1 Å². The predicted molar refractivity (Wildman–Crippen MR) is 212 cm³/mol. The van der Waals surface area contributed by atoms with Gasteiger partial charge >= 0.3 is 0 Å². The van der Waals surface area contributed by atoms with E-state index in [0.717, 1.165) is 6.42 Å². The molecule has 9 rings (SSSR count). The summed E-state index contributed by atoms with van der Waals surface area (Å²) in [6, 6.07) is 65.7. The van der Waals surface area contributed by atoms with Gasteiger partial charge in [-0.15, -0.1) is 0 Å². The van der Waals surface area contributed by atoms with Crippen LogP contribution in [0.5, 0.6) is 0 Å². The van der Waals surface area contributed by atoms with Gasteiger partial charge in [0.15, 0.2) is 0 Å². The predicted octanol–water partition coefficient (Wildman–Crippen LogP) is 12.7. The Kier molecular flexibility index (Phi) is 7.68. The summed E-state index contributed by atoms with van der Waals surface area (Å²) in [6.07, 6.45) is 7.98. The minimum absolute atomic E-state index is 0.171. The van der Waals surface area contributed by atoms with Gasteiger partial charge in [0.1, 0.15) is 0 Å². The number of hydrogen-bond acceptors (Lipinski definition) is 1. The van der Waals surface area contributed by atoms with Crippen molar-refractivity contribution in [3.63, 3.8) is 0 Å². The van der Waals surface area contributed by atoms with E-state index in [-0.39, 0.29) is 6.04 Å². The van der Waals surface area contributed by atoms with E-state index in [1.165, 1.54) is 72.3 Å². The molecular weight excluding hydrogens is 605 g/mol. The number of fused-ring (bicyclic) bond motifs is 3. The third-order valence-corrected chi connectivity index (χ3v) is 9.93. The van der Waals surface area contributed by atoms with Crippen LogP contribution in [0.2, 0.25) is 0 Å². The molecule has 2 nitrogen and oxygen atoms in total. The molecule has 1 atom stereocenters. The number of benzene rings is 7. The van der Waals surface area contributed by atoms with E-state index in [1.54, 1.807) is 0 Å². The highest BCUT2D eigenvalue weighted by atomic mass is 15.2. The standard InChI is InChI=1S/C48H36N2/c1-3-12-35(13-4-1)37-22-28-41(29-23-37)49(42-30-24-38(25-31-42)36-14-5-2-6-15-36)43-32-26-39(27-33-43)40-16-11-17-44(34-40)50-47-20-9-7-18-45(47)46-19-8-10-21-48(46)50/h1-32,34,43H,33H2. The maximum Gasteiger partial charge on any atom is 0.0560 e. The van der Waals surface area contributed by atoms with Crippen molar-refractivity contribution in [3.05, 3.63) is 206 Å². The molecule has 1 aliphatic rings. The molecule has 0 saturated carbocycles. The Morgan fingerprint density at radius 1 is 0.440 bits per heavy atom. The van der Waals surface area contributed by atoms with E-state index < -0.39 is 0 Å². The molecule has 0 bridgehead atoms. The lowest BCUT2D eigenvalue weighted by atomic mass is 9.95. The lowest BCUT2D eigenvalue weighted by Crippen LogP contribution is -2.30. The molecule has 0 radical (unpaired) electrons. The molecule has 0 spiro atoms. The van der Waals surface area contributed by atoms with Crippen LogP contribution in [0.15, 0.2) is 200 Å². The summed E-state index contributed by atoms with van der Waals surface area (Å²) in [5, 5.41) is 2.56. The quantitative estimate of drug-likeness (QED) is 0.168. The molecule has 0 saturated heterocycles. The summed E-state index contributed by atoms with van der Waals surface area (Å²) in [4.78, 5) is 2.47. The first-order chi connectivity index (χ1) is 24.8. The van der Waals surface area contributed by atoms with Gasteiger partial charge in [-0.1, -0.05) is 152 Å². The van der Waals surface area contributed by atoms with Crippen LogP contribution in [-0.4, -0.2) is 10.6 Å². The van der Waals surface area contributed by atoms with Crippen molar-refractivity contribution >= 4 is 38.8 Å². The molecular formula is C48H36N2. The third kappa shape index (κ3) is 5.51. The Morgan fingerprint density at radius 3 is 1.44 bits per heavy atom. The Labute approximate surface area is 293 Å². The first-order valence-electron chi connectivity index (χ1n) is 17.4. The van der Waals surface area contributed by atoms with E-state index in [4.69, 9.17) is 0 Å². The van der Waals surface area contributed by atoms with E-state index in [0.29, 0.717) is 0 Å².